The summed E-state index contributed by atoms with van der Waals surface area (Å²) in [4.78, 5) is 24.5. The van der Waals surface area contributed by atoms with Crippen LogP contribution in [0.5, 0.6) is 0 Å². The summed E-state index contributed by atoms with van der Waals surface area (Å²) >= 11 is 0. The van der Waals surface area contributed by atoms with Gasteiger partial charge in [0.05, 0.1) is 6.61 Å². The van der Waals surface area contributed by atoms with Gasteiger partial charge in [0.15, 0.2) is 5.57 Å². The van der Waals surface area contributed by atoms with Crippen molar-refractivity contribution in [1.29, 1.82) is 0 Å². The van der Waals surface area contributed by atoms with Crippen molar-refractivity contribution in [3.8, 4) is 0 Å². The predicted octanol–water partition coefficient (Wildman–Crippen LogP) is 3.16. The number of ether oxygens (including phenoxy) is 1. The fraction of sp³-hybridized carbons (Fsp3) is 0.111. The first-order valence-electron chi connectivity index (χ1n) is 7.15. The Kier molecular flexibility index (Phi) is 5.52. The van der Waals surface area contributed by atoms with E-state index in [0.29, 0.717) is 11.3 Å². The van der Waals surface area contributed by atoms with E-state index in [9.17, 15) is 14.7 Å². The number of carbonyl (C=O) groups excluding carboxylic acids is 2. The Morgan fingerprint density at radius 1 is 1.00 bits per heavy atom. The normalized spacial score (nSPS) is 11.3. The van der Waals surface area contributed by atoms with Crippen molar-refractivity contribution >= 4 is 23.3 Å². The van der Waals surface area contributed by atoms with Crippen LogP contribution in [0.1, 0.15) is 12.5 Å². The fourth-order valence-electron chi connectivity index (χ4n) is 1.96. The second-order valence-electron chi connectivity index (χ2n) is 4.63. The molecule has 0 heterocycles. The van der Waals surface area contributed by atoms with Crippen LogP contribution in [0.25, 0.3) is 5.76 Å². The first-order valence-corrected chi connectivity index (χ1v) is 7.15. The quantitative estimate of drug-likeness (QED) is 0.292. The topological polar surface area (TPSA) is 75.6 Å². The highest BCUT2D eigenvalue weighted by atomic mass is 16.5. The third-order valence-corrected chi connectivity index (χ3v) is 3.02. The van der Waals surface area contributed by atoms with E-state index in [0.717, 1.165) is 0 Å². The van der Waals surface area contributed by atoms with Crippen LogP contribution in [0, 0.1) is 0 Å². The molecule has 2 rings (SSSR count). The number of esters is 1. The maximum Gasteiger partial charge on any atom is 0.347 e. The molecule has 0 saturated carbocycles. The van der Waals surface area contributed by atoms with Crippen LogP contribution >= 0.6 is 0 Å². The third-order valence-electron chi connectivity index (χ3n) is 3.02. The molecule has 23 heavy (non-hydrogen) atoms. The summed E-state index contributed by atoms with van der Waals surface area (Å²) in [6, 6.07) is 17.0. The number of amides is 1. The van der Waals surface area contributed by atoms with Gasteiger partial charge in [0.25, 0.3) is 5.91 Å². The molecule has 5 nitrogen and oxygen atoms in total. The number of aliphatic hydroxyl groups is 1. The Labute approximate surface area is 134 Å². The number of anilines is 1. The van der Waals surface area contributed by atoms with Crippen LogP contribution in [0.2, 0.25) is 0 Å². The Morgan fingerprint density at radius 2 is 1.57 bits per heavy atom. The summed E-state index contributed by atoms with van der Waals surface area (Å²) in [7, 11) is 0. The molecule has 0 bridgehead atoms. The van der Waals surface area contributed by atoms with Crippen LogP contribution in [0.3, 0.4) is 0 Å². The average molecular weight is 311 g/mol. The van der Waals surface area contributed by atoms with Crippen LogP contribution in [0.4, 0.5) is 5.69 Å². The Balaban J connectivity index is 2.38. The van der Waals surface area contributed by atoms with Crippen molar-refractivity contribution in [3.05, 3.63) is 71.8 Å². The molecule has 0 aliphatic rings. The number of nitrogens with one attached hydrogen (secondary N) is 1. The second kappa shape index (κ2) is 7.79. The zero-order chi connectivity index (χ0) is 16.7. The van der Waals surface area contributed by atoms with Crippen molar-refractivity contribution in [2.24, 2.45) is 0 Å². The van der Waals surface area contributed by atoms with Gasteiger partial charge in [0.1, 0.15) is 5.76 Å². The van der Waals surface area contributed by atoms with E-state index in [-0.39, 0.29) is 6.61 Å². The second-order valence-corrected chi connectivity index (χ2v) is 4.63. The monoisotopic (exact) mass is 311 g/mol. The lowest BCUT2D eigenvalue weighted by Gasteiger charge is -2.11. The molecule has 1 amide bonds. The van der Waals surface area contributed by atoms with Gasteiger partial charge in [-0.3, -0.25) is 4.79 Å². The van der Waals surface area contributed by atoms with Crippen LogP contribution in [-0.2, 0) is 14.3 Å². The summed E-state index contributed by atoms with van der Waals surface area (Å²) in [5.41, 5.74) is 0.445. The minimum Gasteiger partial charge on any atom is -0.506 e. The average Bonchev–Trinajstić information content (AvgIpc) is 2.57. The maximum absolute atomic E-state index is 12.4. The number of benzene rings is 2. The molecule has 0 aromatic heterocycles. The van der Waals surface area contributed by atoms with E-state index in [2.05, 4.69) is 5.32 Å². The minimum atomic E-state index is -0.873. The largest absolute Gasteiger partial charge is 0.506 e. The molecule has 2 N–H and O–H groups in total. The molecule has 0 unspecified atom stereocenters. The van der Waals surface area contributed by atoms with Crippen molar-refractivity contribution in [2.75, 3.05) is 11.9 Å². The number of aliphatic hydroxyl groups excluding tert-OH is 1. The summed E-state index contributed by atoms with van der Waals surface area (Å²) < 4.78 is 4.89. The van der Waals surface area contributed by atoms with Gasteiger partial charge in [-0.2, -0.15) is 0 Å². The van der Waals surface area contributed by atoms with Gasteiger partial charge in [0.2, 0.25) is 0 Å². The van der Waals surface area contributed by atoms with Gasteiger partial charge >= 0.3 is 5.97 Å². The van der Waals surface area contributed by atoms with Gasteiger partial charge in [-0.05, 0) is 19.1 Å². The summed E-state index contributed by atoms with van der Waals surface area (Å²) in [5, 5.41) is 12.9. The summed E-state index contributed by atoms with van der Waals surface area (Å²) in [6.07, 6.45) is 0. The van der Waals surface area contributed by atoms with Gasteiger partial charge in [-0.25, -0.2) is 4.79 Å². The number of rotatable bonds is 5. The van der Waals surface area contributed by atoms with E-state index in [4.69, 9.17) is 4.74 Å². The van der Waals surface area contributed by atoms with Crippen LogP contribution in [0.15, 0.2) is 66.2 Å². The first kappa shape index (κ1) is 16.3. The highest BCUT2D eigenvalue weighted by molar-refractivity contribution is 6.25. The summed E-state index contributed by atoms with van der Waals surface area (Å²) in [6.45, 7) is 1.73. The first-order chi connectivity index (χ1) is 11.1. The van der Waals surface area contributed by atoms with E-state index in [1.54, 1.807) is 67.6 Å². The number of hydrogen-bond acceptors (Lipinski definition) is 4. The van der Waals surface area contributed by atoms with Crippen molar-refractivity contribution in [2.45, 2.75) is 6.92 Å². The van der Waals surface area contributed by atoms with Gasteiger partial charge in [0, 0.05) is 11.3 Å². The number of hydrogen-bond donors (Lipinski definition) is 2. The van der Waals surface area contributed by atoms with E-state index < -0.39 is 23.2 Å². The fourth-order valence-corrected chi connectivity index (χ4v) is 1.96. The molecule has 0 fully saturated rings. The molecule has 118 valence electrons. The van der Waals surface area contributed by atoms with E-state index in [1.165, 1.54) is 0 Å². The van der Waals surface area contributed by atoms with Gasteiger partial charge < -0.3 is 15.2 Å². The van der Waals surface area contributed by atoms with Gasteiger partial charge in [-0.1, -0.05) is 48.5 Å². The molecule has 0 aliphatic carbocycles. The van der Waals surface area contributed by atoms with Crippen molar-refractivity contribution in [1.82, 2.24) is 0 Å². The zero-order valence-corrected chi connectivity index (χ0v) is 12.7. The highest BCUT2D eigenvalue weighted by Crippen LogP contribution is 2.19. The van der Waals surface area contributed by atoms with Gasteiger partial charge in [-0.15, -0.1) is 0 Å². The third kappa shape index (κ3) is 4.20. The SMILES string of the molecule is CCOC(=O)/C(C(=O)Nc1ccccc1)=C(/O)c1ccccc1. The van der Waals surface area contributed by atoms with Crippen LogP contribution < -0.4 is 5.32 Å². The lowest BCUT2D eigenvalue weighted by Crippen LogP contribution is -2.24. The van der Waals surface area contributed by atoms with E-state index in [1.807, 2.05) is 0 Å². The predicted molar refractivity (Wildman–Crippen MR) is 87.7 cm³/mol. The number of carbonyl (C=O) groups is 2. The Bertz CT molecular complexity index is 708. The van der Waals surface area contributed by atoms with Crippen molar-refractivity contribution in [3.63, 3.8) is 0 Å². The molecule has 5 heteroatoms. The number of para-hydroxylation sites is 1. The van der Waals surface area contributed by atoms with Crippen molar-refractivity contribution < 1.29 is 19.4 Å². The van der Waals surface area contributed by atoms with E-state index >= 15 is 0 Å². The summed E-state index contributed by atoms with van der Waals surface area (Å²) in [5.74, 6) is -2.02. The zero-order valence-electron chi connectivity index (χ0n) is 12.7. The molecular weight excluding hydrogens is 294 g/mol. The molecular formula is C18H17NO4. The minimum absolute atomic E-state index is 0.100. The highest BCUT2D eigenvalue weighted by Gasteiger charge is 2.25. The smallest absolute Gasteiger partial charge is 0.347 e. The molecule has 0 radical (unpaired) electrons. The standard InChI is InChI=1S/C18H17NO4/c1-2-23-18(22)15(16(20)13-9-5-3-6-10-13)17(21)19-14-11-7-4-8-12-14/h3-12,20H,2H2,1H3,(H,19,21)/b16-15+. The molecule has 2 aromatic carbocycles. The molecule has 2 aromatic rings. The molecule has 0 atom stereocenters. The lowest BCUT2D eigenvalue weighted by atomic mass is 10.1. The van der Waals surface area contributed by atoms with Crippen LogP contribution in [-0.4, -0.2) is 23.6 Å². The Hall–Kier alpha value is -3.08. The molecule has 0 saturated heterocycles. The molecule has 0 spiro atoms. The molecule has 0 aliphatic heterocycles. The lowest BCUT2D eigenvalue weighted by molar-refractivity contribution is -0.139. The Morgan fingerprint density at radius 3 is 2.13 bits per heavy atom. The maximum atomic E-state index is 12.4.